The minimum absolute atomic E-state index is 0.158. The molecule has 0 bridgehead atoms. The Morgan fingerprint density at radius 1 is 1.08 bits per heavy atom. The van der Waals surface area contributed by atoms with Gasteiger partial charge in [0.1, 0.15) is 11.3 Å². The van der Waals surface area contributed by atoms with Crippen molar-refractivity contribution in [2.24, 2.45) is 0 Å². The predicted octanol–water partition coefficient (Wildman–Crippen LogP) is 4.54. The van der Waals surface area contributed by atoms with Crippen LogP contribution >= 0.6 is 0 Å². The summed E-state index contributed by atoms with van der Waals surface area (Å²) in [5, 5.41) is 9.17. The van der Waals surface area contributed by atoms with Gasteiger partial charge >= 0.3 is 6.18 Å². The summed E-state index contributed by atoms with van der Waals surface area (Å²) in [7, 11) is 0. The Morgan fingerprint density at radius 2 is 1.83 bits per heavy atom. The number of fused-ring (bicyclic) bond motifs is 1. The first-order valence-electron chi connectivity index (χ1n) is 7.01. The van der Waals surface area contributed by atoms with E-state index in [1.54, 1.807) is 12.1 Å². The molecule has 0 saturated carbocycles. The second-order valence-electron chi connectivity index (χ2n) is 5.14. The summed E-state index contributed by atoms with van der Waals surface area (Å²) in [4.78, 5) is 12.2. The molecule has 120 valence electrons. The van der Waals surface area contributed by atoms with E-state index in [0.717, 1.165) is 12.1 Å². The molecule has 1 heterocycles. The van der Waals surface area contributed by atoms with E-state index in [1.165, 1.54) is 24.3 Å². The van der Waals surface area contributed by atoms with E-state index in [9.17, 15) is 18.0 Å². The van der Waals surface area contributed by atoms with Crippen LogP contribution in [0.1, 0.15) is 11.1 Å². The smallest absolute Gasteiger partial charge is 0.417 e. The quantitative estimate of drug-likeness (QED) is 0.693. The summed E-state index contributed by atoms with van der Waals surface area (Å²) < 4.78 is 45.6. The van der Waals surface area contributed by atoms with Crippen molar-refractivity contribution in [1.29, 1.82) is 5.26 Å². The Hall–Kier alpha value is -3.07. The lowest BCUT2D eigenvalue weighted by Crippen LogP contribution is -2.10. The van der Waals surface area contributed by atoms with Crippen molar-refractivity contribution in [2.75, 3.05) is 0 Å². The van der Waals surface area contributed by atoms with Gasteiger partial charge < -0.3 is 4.42 Å². The van der Waals surface area contributed by atoms with Crippen LogP contribution in [0.4, 0.5) is 13.2 Å². The van der Waals surface area contributed by atoms with Gasteiger partial charge in [-0.3, -0.25) is 4.79 Å². The molecule has 3 aromatic rings. The molecule has 0 N–H and O–H groups in total. The molecule has 2 aromatic carbocycles. The van der Waals surface area contributed by atoms with Gasteiger partial charge in [-0.05, 0) is 23.8 Å². The van der Waals surface area contributed by atoms with E-state index in [1.807, 2.05) is 6.07 Å². The number of rotatable bonds is 2. The summed E-state index contributed by atoms with van der Waals surface area (Å²) >= 11 is 0. The van der Waals surface area contributed by atoms with Crippen LogP contribution in [-0.2, 0) is 12.6 Å². The Morgan fingerprint density at radius 3 is 2.54 bits per heavy atom. The number of alkyl halides is 3. The predicted molar refractivity (Wildman–Crippen MR) is 82.2 cm³/mol. The van der Waals surface area contributed by atoms with Crippen LogP contribution in [0.2, 0.25) is 0 Å². The van der Waals surface area contributed by atoms with Gasteiger partial charge in [0.2, 0.25) is 0 Å². The Bertz CT molecular complexity index is 1010. The minimum Gasteiger partial charge on any atom is -0.456 e. The summed E-state index contributed by atoms with van der Waals surface area (Å²) in [6.45, 7) is 0. The van der Waals surface area contributed by atoms with E-state index < -0.39 is 17.2 Å². The zero-order chi connectivity index (χ0) is 17.3. The number of hydrogen-bond donors (Lipinski definition) is 0. The number of nitriles is 1. The summed E-state index contributed by atoms with van der Waals surface area (Å²) in [6, 6.07) is 12.8. The van der Waals surface area contributed by atoms with E-state index >= 15 is 0 Å². The van der Waals surface area contributed by atoms with Gasteiger partial charge in [-0.15, -0.1) is 0 Å². The highest BCUT2D eigenvalue weighted by Gasteiger charge is 2.35. The van der Waals surface area contributed by atoms with Crippen molar-refractivity contribution in [3.05, 3.63) is 69.9 Å². The number of para-hydroxylation sites is 1. The zero-order valence-corrected chi connectivity index (χ0v) is 12.2. The van der Waals surface area contributed by atoms with Gasteiger partial charge in [-0.2, -0.15) is 18.4 Å². The molecule has 0 aliphatic heterocycles. The van der Waals surface area contributed by atoms with Gasteiger partial charge in [0.25, 0.3) is 0 Å². The third-order valence-corrected chi connectivity index (χ3v) is 3.61. The van der Waals surface area contributed by atoms with E-state index in [-0.39, 0.29) is 34.3 Å². The van der Waals surface area contributed by atoms with Crippen LogP contribution in [0, 0.1) is 11.3 Å². The first kappa shape index (κ1) is 15.8. The molecular weight excluding hydrogens is 319 g/mol. The number of halogens is 3. The Balaban J connectivity index is 2.37. The summed E-state index contributed by atoms with van der Waals surface area (Å²) in [6.07, 6.45) is -4.86. The third kappa shape index (κ3) is 2.76. The fourth-order valence-corrected chi connectivity index (χ4v) is 2.59. The van der Waals surface area contributed by atoms with Gasteiger partial charge in [-0.1, -0.05) is 24.3 Å². The summed E-state index contributed by atoms with van der Waals surface area (Å²) in [5.74, 6) is -0.197. The molecule has 1 aromatic heterocycles. The lowest BCUT2D eigenvalue weighted by atomic mass is 9.96. The largest absolute Gasteiger partial charge is 0.456 e. The maximum absolute atomic E-state index is 13.4. The molecule has 6 heteroatoms. The number of hydrogen-bond acceptors (Lipinski definition) is 3. The van der Waals surface area contributed by atoms with Crippen LogP contribution in [0.15, 0.2) is 57.7 Å². The fraction of sp³-hybridized carbons (Fsp3) is 0.111. The fourth-order valence-electron chi connectivity index (χ4n) is 2.59. The van der Waals surface area contributed by atoms with Crippen LogP contribution in [0.3, 0.4) is 0 Å². The monoisotopic (exact) mass is 329 g/mol. The van der Waals surface area contributed by atoms with Gasteiger partial charge in [0.15, 0.2) is 5.43 Å². The normalized spacial score (nSPS) is 11.4. The van der Waals surface area contributed by atoms with Crippen molar-refractivity contribution in [3.8, 4) is 17.4 Å². The molecule has 24 heavy (non-hydrogen) atoms. The van der Waals surface area contributed by atoms with Gasteiger partial charge in [0.05, 0.1) is 23.4 Å². The van der Waals surface area contributed by atoms with Crippen LogP contribution in [0.25, 0.3) is 22.3 Å². The molecule has 0 spiro atoms. The lowest BCUT2D eigenvalue weighted by Gasteiger charge is -2.15. The molecule has 0 radical (unpaired) electrons. The van der Waals surface area contributed by atoms with E-state index in [2.05, 4.69) is 0 Å². The Labute approximate surface area is 134 Å². The van der Waals surface area contributed by atoms with Gasteiger partial charge in [0, 0.05) is 11.6 Å². The van der Waals surface area contributed by atoms with Crippen LogP contribution < -0.4 is 5.43 Å². The summed E-state index contributed by atoms with van der Waals surface area (Å²) in [5.41, 5.74) is -1.29. The first-order chi connectivity index (χ1) is 11.4. The lowest BCUT2D eigenvalue weighted by molar-refractivity contribution is -0.137. The molecule has 0 amide bonds. The molecule has 0 aliphatic rings. The molecule has 0 aliphatic carbocycles. The topological polar surface area (TPSA) is 54.0 Å². The highest BCUT2D eigenvalue weighted by atomic mass is 19.4. The molecule has 0 atom stereocenters. The molecule has 0 fully saturated rings. The zero-order valence-electron chi connectivity index (χ0n) is 12.2. The van der Waals surface area contributed by atoms with Crippen molar-refractivity contribution in [1.82, 2.24) is 0 Å². The minimum atomic E-state index is -4.63. The molecule has 3 nitrogen and oxygen atoms in total. The Kier molecular flexibility index (Phi) is 3.86. The molecular formula is C18H10F3NO2. The first-order valence-corrected chi connectivity index (χ1v) is 7.01. The highest BCUT2D eigenvalue weighted by molar-refractivity contribution is 5.79. The van der Waals surface area contributed by atoms with E-state index in [0.29, 0.717) is 0 Å². The molecule has 3 rings (SSSR count). The van der Waals surface area contributed by atoms with Crippen molar-refractivity contribution in [3.63, 3.8) is 0 Å². The maximum atomic E-state index is 13.4. The van der Waals surface area contributed by atoms with Crippen LogP contribution in [0.5, 0.6) is 0 Å². The maximum Gasteiger partial charge on any atom is 0.417 e. The SMILES string of the molecule is N#CCc1cccc(C(F)(F)F)c1-c1cc(=O)c2ccccc2o1. The highest BCUT2D eigenvalue weighted by Crippen LogP contribution is 2.39. The van der Waals surface area contributed by atoms with Crippen molar-refractivity contribution >= 4 is 11.0 Å². The van der Waals surface area contributed by atoms with Crippen molar-refractivity contribution < 1.29 is 17.6 Å². The third-order valence-electron chi connectivity index (χ3n) is 3.61. The average Bonchev–Trinajstić information content (AvgIpc) is 2.54. The number of benzene rings is 2. The standard InChI is InChI=1S/C18H10F3NO2/c19-18(20,21)13-6-3-4-11(8-9-22)17(13)16-10-14(23)12-5-1-2-7-15(12)24-16/h1-7,10H,8H2. The molecule has 0 unspecified atom stereocenters. The second-order valence-corrected chi connectivity index (χ2v) is 5.14. The molecule has 0 saturated heterocycles. The van der Waals surface area contributed by atoms with E-state index in [4.69, 9.17) is 9.68 Å². The average molecular weight is 329 g/mol. The second kappa shape index (κ2) is 5.85. The van der Waals surface area contributed by atoms with Gasteiger partial charge in [-0.25, -0.2) is 0 Å². The number of nitrogens with zero attached hydrogens (tertiary/aromatic N) is 1. The van der Waals surface area contributed by atoms with Crippen LogP contribution in [-0.4, -0.2) is 0 Å². The van der Waals surface area contributed by atoms with Crippen molar-refractivity contribution in [2.45, 2.75) is 12.6 Å².